The highest BCUT2D eigenvalue weighted by molar-refractivity contribution is 7.99. The lowest BCUT2D eigenvalue weighted by molar-refractivity contribution is 0.487. The third kappa shape index (κ3) is 3.69. The van der Waals surface area contributed by atoms with Crippen LogP contribution in [0.5, 0.6) is 0 Å². The van der Waals surface area contributed by atoms with Gasteiger partial charge in [0.25, 0.3) is 0 Å². The van der Waals surface area contributed by atoms with Crippen molar-refractivity contribution < 1.29 is 0 Å². The van der Waals surface area contributed by atoms with Gasteiger partial charge in [-0.15, -0.1) is 12.4 Å². The van der Waals surface area contributed by atoms with E-state index in [1.165, 1.54) is 30.8 Å². The van der Waals surface area contributed by atoms with E-state index < -0.39 is 0 Å². The Kier molecular flexibility index (Phi) is 6.70. The van der Waals surface area contributed by atoms with Gasteiger partial charge in [-0.3, -0.25) is 0 Å². The molecule has 2 N–H and O–H groups in total. The molecule has 1 aliphatic heterocycles. The van der Waals surface area contributed by atoms with Crippen LogP contribution in [-0.2, 0) is 0 Å². The zero-order chi connectivity index (χ0) is 6.53. The zero-order valence-electron chi connectivity index (χ0n) is 6.21. The summed E-state index contributed by atoms with van der Waals surface area (Å²) in [6, 6.07) is 0. The van der Waals surface area contributed by atoms with Crippen molar-refractivity contribution in [2.24, 2.45) is 11.7 Å². The molecule has 0 radical (unpaired) electrons. The van der Waals surface area contributed by atoms with Crippen LogP contribution in [0.25, 0.3) is 0 Å². The van der Waals surface area contributed by atoms with Crippen molar-refractivity contribution in [3.8, 4) is 0 Å². The Hall–Kier alpha value is 0.600. The van der Waals surface area contributed by atoms with Gasteiger partial charge in [-0.2, -0.15) is 11.8 Å². The third-order valence-corrected chi connectivity index (χ3v) is 3.01. The van der Waals surface area contributed by atoms with E-state index >= 15 is 0 Å². The standard InChI is InChI=1S/C7H15NS.ClH/c8-6-7-2-1-4-9-5-3-7;/h7H,1-6,8H2;1H. The van der Waals surface area contributed by atoms with Crippen molar-refractivity contribution in [3.05, 3.63) is 0 Å². The number of thioether (sulfide) groups is 1. The predicted molar refractivity (Wildman–Crippen MR) is 51.0 cm³/mol. The van der Waals surface area contributed by atoms with Crippen molar-refractivity contribution in [1.29, 1.82) is 0 Å². The van der Waals surface area contributed by atoms with Crippen molar-refractivity contribution in [1.82, 2.24) is 0 Å². The average Bonchev–Trinajstić information content (AvgIpc) is 2.13. The second-order valence-corrected chi connectivity index (χ2v) is 3.87. The van der Waals surface area contributed by atoms with Crippen LogP contribution in [0.1, 0.15) is 19.3 Å². The molecule has 0 aromatic carbocycles. The van der Waals surface area contributed by atoms with E-state index in [-0.39, 0.29) is 12.4 Å². The first-order valence-corrected chi connectivity index (χ1v) is 4.87. The highest BCUT2D eigenvalue weighted by Crippen LogP contribution is 2.20. The van der Waals surface area contributed by atoms with E-state index in [9.17, 15) is 0 Å². The molecule has 0 aromatic rings. The molecule has 1 heterocycles. The quantitative estimate of drug-likeness (QED) is 0.669. The van der Waals surface area contributed by atoms with Crippen LogP contribution < -0.4 is 5.73 Å². The summed E-state index contributed by atoms with van der Waals surface area (Å²) in [7, 11) is 0. The molecular formula is C7H16ClNS. The molecule has 1 nitrogen and oxygen atoms in total. The minimum atomic E-state index is 0. The second kappa shape index (κ2) is 6.32. The van der Waals surface area contributed by atoms with Gasteiger partial charge < -0.3 is 5.73 Å². The van der Waals surface area contributed by atoms with Gasteiger partial charge in [0.05, 0.1) is 0 Å². The van der Waals surface area contributed by atoms with Crippen molar-refractivity contribution >= 4 is 24.2 Å². The molecule has 1 unspecified atom stereocenters. The minimum Gasteiger partial charge on any atom is -0.330 e. The number of rotatable bonds is 1. The Labute approximate surface area is 73.5 Å². The number of halogens is 1. The van der Waals surface area contributed by atoms with Crippen LogP contribution in [0.4, 0.5) is 0 Å². The van der Waals surface area contributed by atoms with Crippen LogP contribution >= 0.6 is 24.2 Å². The summed E-state index contributed by atoms with van der Waals surface area (Å²) in [5.41, 5.74) is 5.56. The van der Waals surface area contributed by atoms with E-state index in [0.29, 0.717) is 0 Å². The van der Waals surface area contributed by atoms with E-state index in [1.807, 2.05) is 0 Å². The number of hydrogen-bond acceptors (Lipinski definition) is 2. The molecule has 62 valence electrons. The van der Waals surface area contributed by atoms with E-state index in [1.54, 1.807) is 0 Å². The fourth-order valence-corrected chi connectivity index (χ4v) is 2.28. The molecular weight excluding hydrogens is 166 g/mol. The lowest BCUT2D eigenvalue weighted by atomic mass is 10.0. The van der Waals surface area contributed by atoms with Gasteiger partial charge >= 0.3 is 0 Å². The fraction of sp³-hybridized carbons (Fsp3) is 1.00. The first-order chi connectivity index (χ1) is 4.43. The summed E-state index contributed by atoms with van der Waals surface area (Å²) < 4.78 is 0. The summed E-state index contributed by atoms with van der Waals surface area (Å²) in [5, 5.41) is 0. The van der Waals surface area contributed by atoms with Crippen molar-refractivity contribution in [3.63, 3.8) is 0 Å². The highest BCUT2D eigenvalue weighted by Gasteiger charge is 2.09. The van der Waals surface area contributed by atoms with E-state index in [0.717, 1.165) is 12.5 Å². The highest BCUT2D eigenvalue weighted by atomic mass is 35.5. The molecule has 1 aliphatic rings. The van der Waals surface area contributed by atoms with Crippen LogP contribution in [-0.4, -0.2) is 18.1 Å². The first-order valence-electron chi connectivity index (χ1n) is 3.71. The molecule has 1 rings (SSSR count). The monoisotopic (exact) mass is 181 g/mol. The predicted octanol–water partition coefficient (Wildman–Crippen LogP) is 1.90. The maximum Gasteiger partial charge on any atom is -0.00486 e. The van der Waals surface area contributed by atoms with E-state index in [2.05, 4.69) is 11.8 Å². The Bertz CT molecular complexity index is 72.0. The second-order valence-electron chi connectivity index (χ2n) is 2.65. The Morgan fingerprint density at radius 2 is 2.10 bits per heavy atom. The van der Waals surface area contributed by atoms with Gasteiger partial charge in [-0.25, -0.2) is 0 Å². The molecule has 3 heteroatoms. The third-order valence-electron chi connectivity index (χ3n) is 1.90. The van der Waals surface area contributed by atoms with Crippen molar-refractivity contribution in [2.45, 2.75) is 19.3 Å². The summed E-state index contributed by atoms with van der Waals surface area (Å²) in [6.45, 7) is 0.903. The van der Waals surface area contributed by atoms with Crippen LogP contribution in [0.3, 0.4) is 0 Å². The van der Waals surface area contributed by atoms with E-state index in [4.69, 9.17) is 5.73 Å². The Morgan fingerprint density at radius 3 is 2.80 bits per heavy atom. The lowest BCUT2D eigenvalue weighted by Crippen LogP contribution is -2.13. The Balaban J connectivity index is 0.000000810. The lowest BCUT2D eigenvalue weighted by Gasteiger charge is -2.07. The first kappa shape index (κ1) is 10.6. The van der Waals surface area contributed by atoms with Gasteiger partial charge in [-0.1, -0.05) is 0 Å². The number of hydrogen-bond donors (Lipinski definition) is 1. The molecule has 10 heavy (non-hydrogen) atoms. The fourth-order valence-electron chi connectivity index (χ4n) is 1.21. The summed E-state index contributed by atoms with van der Waals surface area (Å²) in [5.74, 6) is 3.53. The molecule has 0 aliphatic carbocycles. The largest absolute Gasteiger partial charge is 0.330 e. The molecule has 1 atom stereocenters. The Morgan fingerprint density at radius 1 is 1.30 bits per heavy atom. The van der Waals surface area contributed by atoms with Crippen LogP contribution in [0, 0.1) is 5.92 Å². The molecule has 0 aromatic heterocycles. The zero-order valence-corrected chi connectivity index (χ0v) is 7.85. The normalized spacial score (nSPS) is 26.7. The smallest absolute Gasteiger partial charge is 0.00486 e. The molecule has 1 saturated heterocycles. The van der Waals surface area contributed by atoms with Gasteiger partial charge in [0.15, 0.2) is 0 Å². The molecule has 0 bridgehead atoms. The van der Waals surface area contributed by atoms with Gasteiger partial charge in [0.2, 0.25) is 0 Å². The van der Waals surface area contributed by atoms with Crippen LogP contribution in [0.2, 0.25) is 0 Å². The molecule has 0 spiro atoms. The topological polar surface area (TPSA) is 26.0 Å². The SMILES string of the molecule is Cl.NCC1CCCSCC1. The molecule has 1 fully saturated rings. The minimum absolute atomic E-state index is 0. The summed E-state index contributed by atoms with van der Waals surface area (Å²) in [6.07, 6.45) is 4.09. The average molecular weight is 182 g/mol. The van der Waals surface area contributed by atoms with Gasteiger partial charge in [0.1, 0.15) is 0 Å². The summed E-state index contributed by atoms with van der Waals surface area (Å²) in [4.78, 5) is 0. The maximum atomic E-state index is 5.56. The van der Waals surface area contributed by atoms with Crippen LogP contribution in [0.15, 0.2) is 0 Å². The number of nitrogens with two attached hydrogens (primary N) is 1. The molecule has 0 saturated carbocycles. The maximum absolute atomic E-state index is 5.56. The van der Waals surface area contributed by atoms with Crippen molar-refractivity contribution in [2.75, 3.05) is 18.1 Å². The molecule has 0 amide bonds. The summed E-state index contributed by atoms with van der Waals surface area (Å²) >= 11 is 2.08. The van der Waals surface area contributed by atoms with Gasteiger partial charge in [-0.05, 0) is 43.2 Å². The van der Waals surface area contributed by atoms with Gasteiger partial charge in [0, 0.05) is 0 Å².